The highest BCUT2D eigenvalue weighted by molar-refractivity contribution is 8.00. The van der Waals surface area contributed by atoms with Crippen LogP contribution in [0.1, 0.15) is 27.6 Å². The molecule has 1 amide bonds. The van der Waals surface area contributed by atoms with Crippen molar-refractivity contribution in [2.45, 2.75) is 18.8 Å². The Bertz CT molecular complexity index is 1050. The molecule has 2 heterocycles. The molecule has 0 aliphatic carbocycles. The minimum atomic E-state index is -0.0584. The van der Waals surface area contributed by atoms with Crippen LogP contribution in [0.15, 0.2) is 42.5 Å². The van der Waals surface area contributed by atoms with Gasteiger partial charge in [0.05, 0.1) is 18.1 Å². The zero-order valence-corrected chi connectivity index (χ0v) is 17.6. The molecule has 150 valence electrons. The summed E-state index contributed by atoms with van der Waals surface area (Å²) in [4.78, 5) is 12.0. The Kier molecular flexibility index (Phi) is 5.69. The zero-order chi connectivity index (χ0) is 20.4. The van der Waals surface area contributed by atoms with Crippen molar-refractivity contribution < 1.29 is 14.3 Å². The first-order valence-corrected chi connectivity index (χ1v) is 10.5. The number of ether oxygens (including phenoxy) is 2. The number of carbonyl (C=O) groups is 1. The van der Waals surface area contributed by atoms with Gasteiger partial charge in [-0.3, -0.25) is 9.89 Å². The van der Waals surface area contributed by atoms with Gasteiger partial charge >= 0.3 is 0 Å². The van der Waals surface area contributed by atoms with E-state index in [4.69, 9.17) is 21.1 Å². The van der Waals surface area contributed by atoms with Gasteiger partial charge in [-0.25, -0.2) is 0 Å². The summed E-state index contributed by atoms with van der Waals surface area (Å²) in [6, 6.07) is 13.4. The van der Waals surface area contributed by atoms with E-state index >= 15 is 0 Å². The van der Waals surface area contributed by atoms with Crippen molar-refractivity contribution in [1.29, 1.82) is 0 Å². The van der Waals surface area contributed by atoms with E-state index < -0.39 is 0 Å². The number of anilines is 1. The molecule has 2 N–H and O–H groups in total. The Labute approximate surface area is 177 Å². The highest BCUT2D eigenvalue weighted by Gasteiger charge is 2.28. The van der Waals surface area contributed by atoms with E-state index in [1.807, 2.05) is 49.4 Å². The van der Waals surface area contributed by atoms with Crippen LogP contribution in [-0.4, -0.2) is 29.0 Å². The van der Waals surface area contributed by atoms with Crippen LogP contribution in [0.3, 0.4) is 0 Å². The number of aromatic nitrogens is 2. The molecule has 8 heteroatoms. The molecule has 1 atom stereocenters. The lowest BCUT2D eigenvalue weighted by atomic mass is 10.0. The van der Waals surface area contributed by atoms with Gasteiger partial charge < -0.3 is 14.8 Å². The van der Waals surface area contributed by atoms with Crippen LogP contribution < -0.4 is 14.8 Å². The summed E-state index contributed by atoms with van der Waals surface area (Å²) in [5, 5.41) is 10.7. The monoisotopic (exact) mass is 429 g/mol. The van der Waals surface area contributed by atoms with Crippen LogP contribution in [0, 0.1) is 6.92 Å². The number of aryl methyl sites for hydroxylation is 1. The fourth-order valence-electron chi connectivity index (χ4n) is 3.26. The van der Waals surface area contributed by atoms with Gasteiger partial charge in [0, 0.05) is 21.8 Å². The molecule has 1 aromatic heterocycles. The molecule has 29 heavy (non-hydrogen) atoms. The van der Waals surface area contributed by atoms with Crippen molar-refractivity contribution in [3.8, 4) is 11.5 Å². The lowest BCUT2D eigenvalue weighted by Gasteiger charge is -2.18. The molecule has 0 fully saturated rings. The van der Waals surface area contributed by atoms with Crippen molar-refractivity contribution in [3.05, 3.63) is 69.9 Å². The number of thioether (sulfide) groups is 1. The molecular formula is C21H20ClN3O3S. The second-order valence-corrected chi connectivity index (χ2v) is 8.14. The van der Waals surface area contributed by atoms with E-state index in [0.29, 0.717) is 34.7 Å². The lowest BCUT2D eigenvalue weighted by molar-refractivity contribution is -0.113. The van der Waals surface area contributed by atoms with E-state index in [9.17, 15) is 4.79 Å². The maximum absolute atomic E-state index is 12.0. The Morgan fingerprint density at radius 1 is 1.24 bits per heavy atom. The molecule has 2 aromatic carbocycles. The quantitative estimate of drug-likeness (QED) is 0.613. The topological polar surface area (TPSA) is 76.2 Å². The average molecular weight is 430 g/mol. The number of benzene rings is 2. The van der Waals surface area contributed by atoms with Crippen molar-refractivity contribution in [2.24, 2.45) is 0 Å². The van der Waals surface area contributed by atoms with E-state index in [2.05, 4.69) is 15.5 Å². The Morgan fingerprint density at radius 3 is 2.86 bits per heavy atom. The van der Waals surface area contributed by atoms with Crippen molar-refractivity contribution in [3.63, 3.8) is 0 Å². The summed E-state index contributed by atoms with van der Waals surface area (Å²) < 4.78 is 11.5. The number of hydrogen-bond acceptors (Lipinski definition) is 5. The number of aromatic amines is 1. The van der Waals surface area contributed by atoms with E-state index in [1.165, 1.54) is 0 Å². The molecule has 1 aliphatic rings. The lowest BCUT2D eigenvalue weighted by Crippen LogP contribution is -2.12. The number of H-pyrrole nitrogens is 1. The average Bonchev–Trinajstić information content (AvgIpc) is 2.98. The SMILES string of the molecule is COc1cc([C@@H]2SCC(=O)Nc3n[nH]c(C)c32)ccc1OCc1ccccc1Cl. The standard InChI is InChI=1S/C21H20ClN3O3S/c1-12-19-20(29-11-18(26)23-21(19)25-24-12)13-7-8-16(17(9-13)27-2)28-10-14-5-3-4-6-15(14)22/h3-9,20H,10-11H2,1-2H3,(H2,23,24,25,26)/t20-/m0/s1. The summed E-state index contributed by atoms with van der Waals surface area (Å²) >= 11 is 7.77. The summed E-state index contributed by atoms with van der Waals surface area (Å²) in [5.74, 6) is 2.14. The van der Waals surface area contributed by atoms with Crippen LogP contribution >= 0.6 is 23.4 Å². The molecule has 4 rings (SSSR count). The summed E-state index contributed by atoms with van der Waals surface area (Å²) in [6.45, 7) is 2.30. The molecule has 1 aliphatic heterocycles. The first-order chi connectivity index (χ1) is 14.1. The molecule has 0 bridgehead atoms. The molecular weight excluding hydrogens is 410 g/mol. The van der Waals surface area contributed by atoms with Crippen LogP contribution in [0.4, 0.5) is 5.82 Å². The van der Waals surface area contributed by atoms with Crippen LogP contribution in [0.5, 0.6) is 11.5 Å². The number of rotatable bonds is 5. The van der Waals surface area contributed by atoms with Gasteiger partial charge in [0.15, 0.2) is 17.3 Å². The Balaban J connectivity index is 1.62. The van der Waals surface area contributed by atoms with Gasteiger partial charge in [0.2, 0.25) is 5.91 Å². The van der Waals surface area contributed by atoms with Crippen molar-refractivity contribution >= 4 is 35.1 Å². The summed E-state index contributed by atoms with van der Waals surface area (Å²) in [7, 11) is 1.61. The van der Waals surface area contributed by atoms with Gasteiger partial charge in [0.1, 0.15) is 6.61 Å². The molecule has 0 spiro atoms. The van der Waals surface area contributed by atoms with E-state index in [-0.39, 0.29) is 11.2 Å². The highest BCUT2D eigenvalue weighted by Crippen LogP contribution is 2.44. The van der Waals surface area contributed by atoms with Crippen molar-refractivity contribution in [1.82, 2.24) is 10.2 Å². The predicted octanol–water partition coefficient (Wildman–Crippen LogP) is 4.73. The summed E-state index contributed by atoms with van der Waals surface area (Å²) in [6.07, 6.45) is 0. The minimum Gasteiger partial charge on any atom is -0.493 e. The van der Waals surface area contributed by atoms with Crippen LogP contribution in [-0.2, 0) is 11.4 Å². The molecule has 0 saturated heterocycles. The second-order valence-electron chi connectivity index (χ2n) is 6.64. The predicted molar refractivity (Wildman–Crippen MR) is 115 cm³/mol. The van der Waals surface area contributed by atoms with E-state index in [1.54, 1.807) is 18.9 Å². The van der Waals surface area contributed by atoms with Crippen molar-refractivity contribution in [2.75, 3.05) is 18.2 Å². The number of fused-ring (bicyclic) bond motifs is 1. The fraction of sp³-hybridized carbons (Fsp3) is 0.238. The van der Waals surface area contributed by atoms with Gasteiger partial charge in [-0.15, -0.1) is 11.8 Å². The smallest absolute Gasteiger partial charge is 0.235 e. The zero-order valence-electron chi connectivity index (χ0n) is 16.0. The van der Waals surface area contributed by atoms with Gasteiger partial charge in [-0.05, 0) is 30.7 Å². The normalized spacial score (nSPS) is 16.0. The third kappa shape index (κ3) is 4.06. The number of amides is 1. The first-order valence-electron chi connectivity index (χ1n) is 9.07. The number of carbonyl (C=O) groups excluding carboxylic acids is 1. The Morgan fingerprint density at radius 2 is 2.07 bits per heavy atom. The third-order valence-electron chi connectivity index (χ3n) is 4.73. The summed E-state index contributed by atoms with van der Waals surface area (Å²) in [5.41, 5.74) is 3.83. The minimum absolute atomic E-state index is 0.0470. The van der Waals surface area contributed by atoms with E-state index in [0.717, 1.165) is 22.4 Å². The van der Waals surface area contributed by atoms with Crippen LogP contribution in [0.2, 0.25) is 5.02 Å². The molecule has 0 radical (unpaired) electrons. The maximum Gasteiger partial charge on any atom is 0.235 e. The molecule has 0 unspecified atom stereocenters. The van der Waals surface area contributed by atoms with Crippen LogP contribution in [0.25, 0.3) is 0 Å². The largest absolute Gasteiger partial charge is 0.493 e. The molecule has 6 nitrogen and oxygen atoms in total. The first kappa shape index (κ1) is 19.7. The second kappa shape index (κ2) is 8.39. The van der Waals surface area contributed by atoms with Gasteiger partial charge in [0.25, 0.3) is 0 Å². The van der Waals surface area contributed by atoms with Gasteiger partial charge in [-0.1, -0.05) is 35.9 Å². The molecule has 3 aromatic rings. The number of halogens is 1. The number of nitrogens with zero attached hydrogens (tertiary/aromatic N) is 1. The maximum atomic E-state index is 12.0. The van der Waals surface area contributed by atoms with Gasteiger partial charge in [-0.2, -0.15) is 5.10 Å². The third-order valence-corrected chi connectivity index (χ3v) is 6.37. The number of hydrogen-bond donors (Lipinski definition) is 2. The Hall–Kier alpha value is -2.64. The number of nitrogens with one attached hydrogen (secondary N) is 2. The highest BCUT2D eigenvalue weighted by atomic mass is 35.5. The number of methoxy groups -OCH3 is 1. The fourth-order valence-corrected chi connectivity index (χ4v) is 4.64. The molecule has 0 saturated carbocycles.